The van der Waals surface area contributed by atoms with Crippen LogP contribution in [0, 0.1) is 27.7 Å². The molecule has 0 saturated heterocycles. The van der Waals surface area contributed by atoms with Gasteiger partial charge in [0.1, 0.15) is 5.82 Å². The number of carbonyl (C=O) groups is 2. The molecule has 3 N–H and O–H groups in total. The van der Waals surface area contributed by atoms with E-state index in [2.05, 4.69) is 25.9 Å². The summed E-state index contributed by atoms with van der Waals surface area (Å²) in [4.78, 5) is 33.7. The lowest BCUT2D eigenvalue weighted by Gasteiger charge is -2.12. The third-order valence-corrected chi connectivity index (χ3v) is 5.88. The van der Waals surface area contributed by atoms with Gasteiger partial charge < -0.3 is 5.32 Å². The molecule has 162 valence electrons. The smallest absolute Gasteiger partial charge is 0.322 e. The Morgan fingerprint density at radius 3 is 2.31 bits per heavy atom. The van der Waals surface area contributed by atoms with Crippen LogP contribution in [-0.2, 0) is 0 Å². The summed E-state index contributed by atoms with van der Waals surface area (Å²) in [6.07, 6.45) is 1.63. The predicted octanol–water partition coefficient (Wildman–Crippen LogP) is 5.82. The van der Waals surface area contributed by atoms with E-state index in [1.165, 1.54) is 11.3 Å². The molecule has 7 nitrogen and oxygen atoms in total. The fraction of sp³-hybridized carbons (Fsp3) is 0.167. The summed E-state index contributed by atoms with van der Waals surface area (Å²) in [6, 6.07) is 12.6. The van der Waals surface area contributed by atoms with Crippen LogP contribution in [0.5, 0.6) is 0 Å². The van der Waals surface area contributed by atoms with Crippen LogP contribution in [-0.4, -0.2) is 21.9 Å². The van der Waals surface area contributed by atoms with Crippen molar-refractivity contribution in [2.75, 3.05) is 16.0 Å². The molecule has 4 rings (SSSR count). The molecule has 0 atom stereocenters. The number of carbonyl (C=O) groups excluding carboxylic acids is 2. The molecule has 0 unspecified atom stereocenters. The third-order valence-electron chi connectivity index (χ3n) is 4.94. The van der Waals surface area contributed by atoms with Crippen LogP contribution in [0.1, 0.15) is 32.6 Å². The van der Waals surface area contributed by atoms with Crippen molar-refractivity contribution in [3.8, 4) is 0 Å². The van der Waals surface area contributed by atoms with E-state index in [0.29, 0.717) is 22.0 Å². The van der Waals surface area contributed by atoms with Crippen LogP contribution in [0.2, 0.25) is 0 Å². The number of thiazole rings is 1. The van der Waals surface area contributed by atoms with Gasteiger partial charge in [-0.15, -0.1) is 0 Å². The van der Waals surface area contributed by atoms with Gasteiger partial charge in [-0.05, 0) is 74.7 Å². The van der Waals surface area contributed by atoms with Gasteiger partial charge in [0.25, 0.3) is 5.91 Å². The number of hydrogen-bond acceptors (Lipinski definition) is 5. The highest BCUT2D eigenvalue weighted by Gasteiger charge is 2.14. The number of anilines is 3. The van der Waals surface area contributed by atoms with Gasteiger partial charge in [0.05, 0.1) is 10.2 Å². The molecule has 4 aromatic rings. The lowest BCUT2D eigenvalue weighted by molar-refractivity contribution is 0.102. The monoisotopic (exact) mass is 445 g/mol. The third kappa shape index (κ3) is 4.76. The van der Waals surface area contributed by atoms with E-state index in [0.717, 1.165) is 32.6 Å². The maximum atomic E-state index is 12.8. The van der Waals surface area contributed by atoms with Crippen molar-refractivity contribution < 1.29 is 9.59 Å². The highest BCUT2D eigenvalue weighted by Crippen LogP contribution is 2.28. The van der Waals surface area contributed by atoms with Crippen molar-refractivity contribution in [3.63, 3.8) is 0 Å². The van der Waals surface area contributed by atoms with E-state index >= 15 is 0 Å². The Kier molecular flexibility index (Phi) is 5.87. The number of fused-ring (bicyclic) bond motifs is 1. The molecule has 8 heteroatoms. The molecule has 2 heterocycles. The predicted molar refractivity (Wildman–Crippen MR) is 130 cm³/mol. The van der Waals surface area contributed by atoms with Gasteiger partial charge in [-0.1, -0.05) is 29.0 Å². The molecule has 0 radical (unpaired) electrons. The first-order chi connectivity index (χ1) is 15.3. The normalized spacial score (nSPS) is 10.8. The molecule has 3 amide bonds. The van der Waals surface area contributed by atoms with E-state index in [1.807, 2.05) is 45.9 Å². The van der Waals surface area contributed by atoms with Crippen LogP contribution in [0.3, 0.4) is 0 Å². The SMILES string of the molecule is Cc1ccnc(NC(=O)Nc2nc3ccc(C(=O)Nc4c(C)cc(C)cc4C)cc3s2)c1. The molecule has 0 aliphatic rings. The van der Waals surface area contributed by atoms with Crippen LogP contribution in [0.15, 0.2) is 48.7 Å². The fourth-order valence-corrected chi connectivity index (χ4v) is 4.43. The van der Waals surface area contributed by atoms with Crippen molar-refractivity contribution in [1.82, 2.24) is 9.97 Å². The van der Waals surface area contributed by atoms with Crippen molar-refractivity contribution in [1.29, 1.82) is 0 Å². The first-order valence-corrected chi connectivity index (χ1v) is 10.9. The van der Waals surface area contributed by atoms with Gasteiger partial charge in [0, 0.05) is 17.4 Å². The number of amides is 3. The van der Waals surface area contributed by atoms with E-state index in [1.54, 1.807) is 30.5 Å². The minimum absolute atomic E-state index is 0.187. The van der Waals surface area contributed by atoms with Crippen molar-refractivity contribution in [3.05, 3.63) is 76.5 Å². The minimum Gasteiger partial charge on any atom is -0.322 e. The highest BCUT2D eigenvalue weighted by molar-refractivity contribution is 7.22. The van der Waals surface area contributed by atoms with Gasteiger partial charge in [0.2, 0.25) is 0 Å². The Morgan fingerprint density at radius 1 is 0.844 bits per heavy atom. The molecule has 0 aliphatic carbocycles. The van der Waals surface area contributed by atoms with Gasteiger partial charge in [-0.25, -0.2) is 14.8 Å². The molecule has 0 bridgehead atoms. The number of pyridine rings is 1. The summed E-state index contributed by atoms with van der Waals surface area (Å²) in [5, 5.41) is 8.87. The second-order valence-electron chi connectivity index (χ2n) is 7.73. The lowest BCUT2D eigenvalue weighted by atomic mass is 10.0. The zero-order valence-corrected chi connectivity index (χ0v) is 19.1. The maximum Gasteiger partial charge on any atom is 0.326 e. The van der Waals surface area contributed by atoms with Crippen molar-refractivity contribution >= 4 is 50.1 Å². The fourth-order valence-electron chi connectivity index (χ4n) is 3.53. The van der Waals surface area contributed by atoms with Gasteiger partial charge in [-0.3, -0.25) is 15.4 Å². The number of benzene rings is 2. The first kappa shape index (κ1) is 21.5. The van der Waals surface area contributed by atoms with Crippen LogP contribution in [0.4, 0.5) is 21.4 Å². The number of rotatable bonds is 4. The number of hydrogen-bond donors (Lipinski definition) is 3. The Hall–Kier alpha value is -3.78. The van der Waals surface area contributed by atoms with Gasteiger partial charge in [0.15, 0.2) is 5.13 Å². The minimum atomic E-state index is -0.426. The molecule has 32 heavy (non-hydrogen) atoms. The molecule has 0 fully saturated rings. The van der Waals surface area contributed by atoms with Gasteiger partial charge >= 0.3 is 6.03 Å². The highest BCUT2D eigenvalue weighted by atomic mass is 32.1. The molecule has 2 aromatic heterocycles. The topological polar surface area (TPSA) is 96.0 Å². The number of urea groups is 1. The lowest BCUT2D eigenvalue weighted by Crippen LogP contribution is -2.19. The summed E-state index contributed by atoms with van der Waals surface area (Å²) in [6.45, 7) is 7.93. The number of nitrogens with one attached hydrogen (secondary N) is 3. The van der Waals surface area contributed by atoms with Crippen molar-refractivity contribution in [2.45, 2.75) is 27.7 Å². The van der Waals surface area contributed by atoms with Crippen LogP contribution >= 0.6 is 11.3 Å². The zero-order valence-electron chi connectivity index (χ0n) is 18.2. The zero-order chi connectivity index (χ0) is 22.8. The van der Waals surface area contributed by atoms with E-state index in [9.17, 15) is 9.59 Å². The number of aryl methyl sites for hydroxylation is 4. The summed E-state index contributed by atoms with van der Waals surface area (Å²) in [5.41, 5.74) is 6.27. The summed E-state index contributed by atoms with van der Waals surface area (Å²) in [5.74, 6) is 0.275. The Morgan fingerprint density at radius 2 is 1.59 bits per heavy atom. The van der Waals surface area contributed by atoms with Crippen LogP contribution < -0.4 is 16.0 Å². The van der Waals surface area contributed by atoms with Gasteiger partial charge in [-0.2, -0.15) is 0 Å². The second-order valence-corrected chi connectivity index (χ2v) is 8.76. The molecular weight excluding hydrogens is 422 g/mol. The maximum absolute atomic E-state index is 12.8. The average molecular weight is 446 g/mol. The van der Waals surface area contributed by atoms with Crippen LogP contribution in [0.25, 0.3) is 10.2 Å². The molecule has 0 aliphatic heterocycles. The Balaban J connectivity index is 1.49. The molecule has 2 aromatic carbocycles. The number of nitrogens with zero attached hydrogens (tertiary/aromatic N) is 2. The molecule has 0 saturated carbocycles. The summed E-state index contributed by atoms with van der Waals surface area (Å²) >= 11 is 1.30. The second kappa shape index (κ2) is 8.76. The van der Waals surface area contributed by atoms with E-state index < -0.39 is 6.03 Å². The van der Waals surface area contributed by atoms with E-state index in [4.69, 9.17) is 0 Å². The Labute approximate surface area is 189 Å². The molecular formula is C24H23N5O2S. The van der Waals surface area contributed by atoms with Crippen molar-refractivity contribution in [2.24, 2.45) is 0 Å². The standard InChI is InChI=1S/C24H23N5O2S/c1-13-7-8-25-20(11-13)27-23(31)29-24-26-18-6-5-17(12-19(18)32-24)22(30)28-21-15(3)9-14(2)10-16(21)4/h5-12H,1-4H3,(H,28,30)(H2,25,26,27,29,31). The number of aromatic nitrogens is 2. The van der Waals surface area contributed by atoms with E-state index in [-0.39, 0.29) is 5.91 Å². The quantitative estimate of drug-likeness (QED) is 0.369. The summed E-state index contributed by atoms with van der Waals surface area (Å²) < 4.78 is 0.805. The largest absolute Gasteiger partial charge is 0.326 e. The first-order valence-electron chi connectivity index (χ1n) is 10.1. The summed E-state index contributed by atoms with van der Waals surface area (Å²) in [7, 11) is 0. The average Bonchev–Trinajstić information content (AvgIpc) is 3.11. The molecule has 0 spiro atoms. The Bertz CT molecular complexity index is 1320.